The molecule has 5 nitrogen and oxygen atoms in total. The Morgan fingerprint density at radius 1 is 1.17 bits per heavy atom. The van der Waals surface area contributed by atoms with Gasteiger partial charge >= 0.3 is 0 Å². The van der Waals surface area contributed by atoms with Crippen LogP contribution in [0.4, 0.5) is 15.9 Å². The lowest BCUT2D eigenvalue weighted by atomic mass is 10.1. The summed E-state index contributed by atoms with van der Waals surface area (Å²) < 4.78 is 14.9. The van der Waals surface area contributed by atoms with Gasteiger partial charge in [-0.2, -0.15) is 5.10 Å². The Labute approximate surface area is 181 Å². The van der Waals surface area contributed by atoms with Gasteiger partial charge in [-0.1, -0.05) is 41.6 Å². The summed E-state index contributed by atoms with van der Waals surface area (Å²) in [4.78, 5) is 9.18. The van der Waals surface area contributed by atoms with Gasteiger partial charge < -0.3 is 5.32 Å². The molecule has 1 atom stereocenters. The lowest BCUT2D eigenvalue weighted by molar-refractivity contribution is 0.608. The molecule has 0 saturated carbocycles. The number of hydrogen-bond acceptors (Lipinski definition) is 5. The first-order valence-electron chi connectivity index (χ1n) is 8.73. The number of anilines is 2. The summed E-state index contributed by atoms with van der Waals surface area (Å²) >= 11 is 14.1. The van der Waals surface area contributed by atoms with Gasteiger partial charge in [-0.3, -0.25) is 0 Å². The van der Waals surface area contributed by atoms with E-state index >= 15 is 0 Å². The topological polar surface area (TPSA) is 55.6 Å². The molecule has 9 heteroatoms. The number of fused-ring (bicyclic) bond motifs is 1. The normalized spacial score (nSPS) is 12.3. The minimum atomic E-state index is -0.379. The third-order valence-electron chi connectivity index (χ3n) is 4.31. The number of nitrogens with zero attached hydrogens (tertiary/aromatic N) is 4. The van der Waals surface area contributed by atoms with E-state index in [2.05, 4.69) is 20.4 Å². The van der Waals surface area contributed by atoms with Gasteiger partial charge in [0.05, 0.1) is 23.5 Å². The second kappa shape index (κ2) is 8.57. The first-order chi connectivity index (χ1) is 14.0. The number of rotatable bonds is 6. The van der Waals surface area contributed by atoms with E-state index < -0.39 is 0 Å². The van der Waals surface area contributed by atoms with E-state index in [1.807, 2.05) is 30.5 Å². The lowest BCUT2D eigenvalue weighted by Gasteiger charge is -2.12. The largest absolute Gasteiger partial charge is 0.339 e. The molecule has 1 unspecified atom stereocenters. The van der Waals surface area contributed by atoms with Crippen LogP contribution >= 0.6 is 35.0 Å². The van der Waals surface area contributed by atoms with Gasteiger partial charge in [0.25, 0.3) is 0 Å². The molecule has 2 aromatic heterocycles. The fourth-order valence-corrected chi connectivity index (χ4v) is 3.71. The fraction of sp³-hybridized carbons (Fsp3) is 0.150. The minimum Gasteiger partial charge on any atom is -0.339 e. The average Bonchev–Trinajstić information content (AvgIpc) is 3.11. The van der Waals surface area contributed by atoms with Crippen LogP contribution in [0.5, 0.6) is 0 Å². The van der Waals surface area contributed by atoms with Crippen LogP contribution in [0.15, 0.2) is 59.9 Å². The number of nitrogens with one attached hydrogen (secondary N) is 1. The van der Waals surface area contributed by atoms with Crippen molar-refractivity contribution in [1.82, 2.24) is 19.7 Å². The van der Waals surface area contributed by atoms with Crippen LogP contribution in [-0.4, -0.2) is 26.0 Å². The standard InChI is InChI=1S/C20H16Cl2FN5S/c1-29-20-26-18(25-15-4-2-3-13(21)9-15)16-10-24-28(19(16)27-20)11-17(22)12-5-7-14(23)8-6-12/h2-10,17H,11H2,1H3,(H,25,26,27). The molecule has 0 aliphatic carbocycles. The summed E-state index contributed by atoms with van der Waals surface area (Å²) in [6.07, 6.45) is 3.62. The number of halogens is 3. The van der Waals surface area contributed by atoms with E-state index in [-0.39, 0.29) is 11.2 Å². The Hall–Kier alpha value is -2.35. The molecule has 4 aromatic rings. The Bertz CT molecular complexity index is 1150. The molecule has 2 heterocycles. The van der Waals surface area contributed by atoms with Crippen LogP contribution in [0, 0.1) is 5.82 Å². The van der Waals surface area contributed by atoms with Crippen molar-refractivity contribution < 1.29 is 4.39 Å². The SMILES string of the molecule is CSc1nc(Nc2cccc(Cl)c2)c2cnn(CC(Cl)c3ccc(F)cc3)c2n1. The number of thioether (sulfide) groups is 1. The molecule has 0 amide bonds. The molecule has 0 saturated heterocycles. The molecular formula is C20H16Cl2FN5S. The van der Waals surface area contributed by atoms with Crippen molar-refractivity contribution in [2.45, 2.75) is 17.1 Å². The molecule has 0 fully saturated rings. The Kier molecular flexibility index (Phi) is 5.89. The van der Waals surface area contributed by atoms with Crippen LogP contribution < -0.4 is 5.32 Å². The van der Waals surface area contributed by atoms with Crippen LogP contribution in [0.3, 0.4) is 0 Å². The monoisotopic (exact) mass is 447 g/mol. The van der Waals surface area contributed by atoms with E-state index in [1.165, 1.54) is 23.9 Å². The average molecular weight is 448 g/mol. The molecule has 0 spiro atoms. The third-order valence-corrected chi connectivity index (χ3v) is 5.48. The Balaban J connectivity index is 1.68. The Morgan fingerprint density at radius 2 is 1.97 bits per heavy atom. The van der Waals surface area contributed by atoms with Crippen LogP contribution in [-0.2, 0) is 6.54 Å². The molecule has 0 aliphatic heterocycles. The quantitative estimate of drug-likeness (QED) is 0.221. The Morgan fingerprint density at radius 3 is 2.69 bits per heavy atom. The molecule has 29 heavy (non-hydrogen) atoms. The molecule has 0 bridgehead atoms. The zero-order valence-corrected chi connectivity index (χ0v) is 17.6. The van der Waals surface area contributed by atoms with Crippen molar-refractivity contribution in [2.24, 2.45) is 0 Å². The molecule has 0 radical (unpaired) electrons. The number of hydrogen-bond donors (Lipinski definition) is 1. The molecule has 4 rings (SSSR count). The molecule has 0 aliphatic rings. The van der Waals surface area contributed by atoms with Gasteiger partial charge in [-0.05, 0) is 42.2 Å². The van der Waals surface area contributed by atoms with Crippen LogP contribution in [0.2, 0.25) is 5.02 Å². The molecular weight excluding hydrogens is 432 g/mol. The first kappa shape index (κ1) is 19.9. The van der Waals surface area contributed by atoms with Crippen molar-refractivity contribution >= 4 is 57.5 Å². The second-order valence-electron chi connectivity index (χ2n) is 6.28. The highest BCUT2D eigenvalue weighted by Gasteiger charge is 2.16. The zero-order chi connectivity index (χ0) is 20.4. The highest BCUT2D eigenvalue weighted by atomic mass is 35.5. The van der Waals surface area contributed by atoms with Crippen molar-refractivity contribution in [3.05, 3.63) is 71.1 Å². The second-order valence-corrected chi connectivity index (χ2v) is 8.01. The van der Waals surface area contributed by atoms with Gasteiger partial charge in [0.1, 0.15) is 11.6 Å². The minimum absolute atomic E-state index is 0.295. The zero-order valence-electron chi connectivity index (χ0n) is 15.3. The molecule has 2 aromatic carbocycles. The van der Waals surface area contributed by atoms with Gasteiger partial charge in [-0.25, -0.2) is 19.0 Å². The maximum absolute atomic E-state index is 13.2. The van der Waals surface area contributed by atoms with E-state index in [9.17, 15) is 4.39 Å². The first-order valence-corrected chi connectivity index (χ1v) is 10.8. The van der Waals surface area contributed by atoms with Gasteiger partial charge in [0, 0.05) is 10.7 Å². The summed E-state index contributed by atoms with van der Waals surface area (Å²) in [5, 5.41) is 9.37. The summed E-state index contributed by atoms with van der Waals surface area (Å²) in [6, 6.07) is 13.5. The van der Waals surface area contributed by atoms with Gasteiger partial charge in [-0.15, -0.1) is 11.6 Å². The predicted octanol–water partition coefficient (Wildman–Crippen LogP) is 6.06. The summed E-state index contributed by atoms with van der Waals surface area (Å²) in [7, 11) is 0. The number of benzene rings is 2. The third kappa shape index (κ3) is 4.47. The number of alkyl halides is 1. The van der Waals surface area contributed by atoms with Crippen molar-refractivity contribution in [3.8, 4) is 0 Å². The van der Waals surface area contributed by atoms with Gasteiger partial charge in [0.15, 0.2) is 10.8 Å². The molecule has 1 N–H and O–H groups in total. The maximum atomic E-state index is 13.2. The summed E-state index contributed by atoms with van der Waals surface area (Å²) in [6.45, 7) is 0.387. The van der Waals surface area contributed by atoms with E-state index in [0.717, 1.165) is 16.6 Å². The fourth-order valence-electron chi connectivity index (χ4n) is 2.89. The molecule has 148 valence electrons. The maximum Gasteiger partial charge on any atom is 0.191 e. The summed E-state index contributed by atoms with van der Waals surface area (Å²) in [5.41, 5.74) is 2.30. The van der Waals surface area contributed by atoms with Crippen molar-refractivity contribution in [2.75, 3.05) is 11.6 Å². The van der Waals surface area contributed by atoms with Crippen molar-refractivity contribution in [3.63, 3.8) is 0 Å². The van der Waals surface area contributed by atoms with Gasteiger partial charge in [0.2, 0.25) is 0 Å². The smallest absolute Gasteiger partial charge is 0.191 e. The predicted molar refractivity (Wildman–Crippen MR) is 117 cm³/mol. The van der Waals surface area contributed by atoms with Crippen LogP contribution in [0.1, 0.15) is 10.9 Å². The van der Waals surface area contributed by atoms with Crippen molar-refractivity contribution in [1.29, 1.82) is 0 Å². The highest BCUT2D eigenvalue weighted by Crippen LogP contribution is 2.29. The van der Waals surface area contributed by atoms with E-state index in [4.69, 9.17) is 23.2 Å². The number of aromatic nitrogens is 4. The lowest BCUT2D eigenvalue weighted by Crippen LogP contribution is -2.08. The highest BCUT2D eigenvalue weighted by molar-refractivity contribution is 7.98. The van der Waals surface area contributed by atoms with E-state index in [1.54, 1.807) is 23.0 Å². The van der Waals surface area contributed by atoms with Crippen LogP contribution in [0.25, 0.3) is 11.0 Å². The summed E-state index contributed by atoms with van der Waals surface area (Å²) in [5.74, 6) is 0.344. The van der Waals surface area contributed by atoms with E-state index in [0.29, 0.717) is 28.2 Å².